The van der Waals surface area contributed by atoms with Crippen LogP contribution in [0.25, 0.3) is 0 Å². The average molecular weight is 194 g/mol. The van der Waals surface area contributed by atoms with Crippen molar-refractivity contribution in [3.8, 4) is 5.88 Å². The van der Waals surface area contributed by atoms with Crippen LogP contribution in [0.3, 0.4) is 0 Å². The van der Waals surface area contributed by atoms with Crippen molar-refractivity contribution in [1.82, 2.24) is 15.3 Å². The van der Waals surface area contributed by atoms with Crippen LogP contribution in [0.1, 0.15) is 12.8 Å². The normalized spacial score (nSPS) is 21.9. The number of nitrogens with one attached hydrogen (secondary N) is 1. The molecule has 1 aliphatic rings. The third-order valence-electron chi connectivity index (χ3n) is 2.17. The molecule has 5 heteroatoms. The van der Waals surface area contributed by atoms with E-state index in [0.717, 1.165) is 25.9 Å². The third kappa shape index (κ3) is 2.32. The Bertz CT molecular complexity index is 299. The Morgan fingerprint density at radius 1 is 1.50 bits per heavy atom. The Kier molecular flexibility index (Phi) is 2.78. The highest BCUT2D eigenvalue weighted by molar-refractivity contribution is 5.26. The summed E-state index contributed by atoms with van der Waals surface area (Å²) in [5, 5.41) is 3.27. The first-order valence-electron chi connectivity index (χ1n) is 4.79. The standard InChI is InChI=1S/C9H14N4O/c10-8-5-12-6-9(13-8)14-7-2-1-3-11-4-7/h5-7,11H,1-4H2,(H2,10,13). The Labute approximate surface area is 82.7 Å². The van der Waals surface area contributed by atoms with E-state index in [4.69, 9.17) is 10.5 Å². The second kappa shape index (κ2) is 4.23. The fourth-order valence-corrected chi connectivity index (χ4v) is 1.51. The van der Waals surface area contributed by atoms with Gasteiger partial charge in [-0.1, -0.05) is 0 Å². The number of nitrogen functional groups attached to an aromatic ring is 1. The highest BCUT2D eigenvalue weighted by atomic mass is 16.5. The summed E-state index contributed by atoms with van der Waals surface area (Å²) in [7, 11) is 0. The molecular formula is C9H14N4O. The quantitative estimate of drug-likeness (QED) is 0.703. The van der Waals surface area contributed by atoms with E-state index in [1.807, 2.05) is 0 Å². The first-order valence-corrected chi connectivity index (χ1v) is 4.79. The smallest absolute Gasteiger partial charge is 0.234 e. The molecule has 1 unspecified atom stereocenters. The lowest BCUT2D eigenvalue weighted by molar-refractivity contribution is 0.160. The summed E-state index contributed by atoms with van der Waals surface area (Å²) in [5.41, 5.74) is 5.49. The van der Waals surface area contributed by atoms with Gasteiger partial charge in [-0.3, -0.25) is 4.98 Å². The highest BCUT2D eigenvalue weighted by Crippen LogP contribution is 2.12. The van der Waals surface area contributed by atoms with Crippen molar-refractivity contribution in [3.05, 3.63) is 12.4 Å². The van der Waals surface area contributed by atoms with Crippen molar-refractivity contribution < 1.29 is 4.74 Å². The second-order valence-corrected chi connectivity index (χ2v) is 3.37. The van der Waals surface area contributed by atoms with Crippen LogP contribution in [0.5, 0.6) is 5.88 Å². The zero-order valence-corrected chi connectivity index (χ0v) is 7.94. The Morgan fingerprint density at radius 2 is 2.43 bits per heavy atom. The minimum Gasteiger partial charge on any atom is -0.472 e. The van der Waals surface area contributed by atoms with Crippen LogP contribution in [0.15, 0.2) is 12.4 Å². The van der Waals surface area contributed by atoms with Crippen molar-refractivity contribution in [1.29, 1.82) is 0 Å². The molecule has 0 radical (unpaired) electrons. The van der Waals surface area contributed by atoms with E-state index in [1.165, 1.54) is 6.20 Å². The van der Waals surface area contributed by atoms with Crippen LogP contribution < -0.4 is 15.8 Å². The lowest BCUT2D eigenvalue weighted by Gasteiger charge is -2.23. The number of ether oxygens (including phenoxy) is 1. The van der Waals surface area contributed by atoms with Gasteiger partial charge < -0.3 is 15.8 Å². The maximum absolute atomic E-state index is 5.62. The summed E-state index contributed by atoms with van der Waals surface area (Å²) in [6.07, 6.45) is 5.49. The third-order valence-corrected chi connectivity index (χ3v) is 2.17. The molecule has 1 aliphatic heterocycles. The molecule has 76 valence electrons. The Hall–Kier alpha value is -1.36. The largest absolute Gasteiger partial charge is 0.472 e. The number of anilines is 1. The van der Waals surface area contributed by atoms with Gasteiger partial charge in [0.2, 0.25) is 5.88 Å². The zero-order valence-electron chi connectivity index (χ0n) is 7.94. The van der Waals surface area contributed by atoms with Crippen LogP contribution in [-0.2, 0) is 0 Å². The maximum atomic E-state index is 5.62. The molecule has 0 saturated carbocycles. The molecule has 1 fully saturated rings. The van der Waals surface area contributed by atoms with Crippen LogP contribution in [0.2, 0.25) is 0 Å². The molecule has 1 aromatic rings. The molecule has 3 N–H and O–H groups in total. The topological polar surface area (TPSA) is 73.1 Å². The van der Waals surface area contributed by atoms with Gasteiger partial charge in [0.25, 0.3) is 0 Å². The summed E-state index contributed by atoms with van der Waals surface area (Å²) < 4.78 is 5.62. The predicted molar refractivity (Wildman–Crippen MR) is 53.0 cm³/mol. The number of hydrogen-bond donors (Lipinski definition) is 2. The van der Waals surface area contributed by atoms with Gasteiger partial charge in [0.05, 0.1) is 12.4 Å². The fraction of sp³-hybridized carbons (Fsp3) is 0.556. The van der Waals surface area contributed by atoms with E-state index >= 15 is 0 Å². The molecule has 0 bridgehead atoms. The van der Waals surface area contributed by atoms with Gasteiger partial charge in [0.1, 0.15) is 11.9 Å². The van der Waals surface area contributed by atoms with E-state index in [1.54, 1.807) is 6.20 Å². The van der Waals surface area contributed by atoms with E-state index in [0.29, 0.717) is 11.7 Å². The second-order valence-electron chi connectivity index (χ2n) is 3.37. The molecule has 0 amide bonds. The zero-order chi connectivity index (χ0) is 9.80. The van der Waals surface area contributed by atoms with E-state index in [-0.39, 0.29) is 6.10 Å². The van der Waals surface area contributed by atoms with Crippen molar-refractivity contribution in [2.45, 2.75) is 18.9 Å². The summed E-state index contributed by atoms with van der Waals surface area (Å²) in [6.45, 7) is 1.94. The number of aromatic nitrogens is 2. The summed E-state index contributed by atoms with van der Waals surface area (Å²) in [5.74, 6) is 0.907. The van der Waals surface area contributed by atoms with E-state index < -0.39 is 0 Å². The van der Waals surface area contributed by atoms with Crippen molar-refractivity contribution in [2.75, 3.05) is 18.8 Å². The number of nitrogens with two attached hydrogens (primary N) is 1. The first-order chi connectivity index (χ1) is 6.84. The molecule has 0 aromatic carbocycles. The molecule has 0 aliphatic carbocycles. The number of rotatable bonds is 2. The lowest BCUT2D eigenvalue weighted by atomic mass is 10.1. The minimum atomic E-state index is 0.194. The van der Waals surface area contributed by atoms with Crippen LogP contribution in [0, 0.1) is 0 Å². The lowest BCUT2D eigenvalue weighted by Crippen LogP contribution is -2.37. The predicted octanol–water partition coefficient (Wildman–Crippen LogP) is 0.190. The van der Waals surface area contributed by atoms with E-state index in [9.17, 15) is 0 Å². The van der Waals surface area contributed by atoms with Gasteiger partial charge in [-0.15, -0.1) is 0 Å². The van der Waals surface area contributed by atoms with E-state index in [2.05, 4.69) is 15.3 Å². The van der Waals surface area contributed by atoms with Crippen molar-refractivity contribution >= 4 is 5.82 Å². The molecule has 2 rings (SSSR count). The van der Waals surface area contributed by atoms with Crippen molar-refractivity contribution in [3.63, 3.8) is 0 Å². The number of piperidine rings is 1. The van der Waals surface area contributed by atoms with Crippen molar-refractivity contribution in [2.24, 2.45) is 0 Å². The summed E-state index contributed by atoms with van der Waals surface area (Å²) in [4.78, 5) is 7.95. The van der Waals surface area contributed by atoms with Gasteiger partial charge in [-0.25, -0.2) is 0 Å². The molecular weight excluding hydrogens is 180 g/mol. The Balaban J connectivity index is 1.95. The van der Waals surface area contributed by atoms with Gasteiger partial charge in [-0.05, 0) is 19.4 Å². The highest BCUT2D eigenvalue weighted by Gasteiger charge is 2.14. The molecule has 2 heterocycles. The van der Waals surface area contributed by atoms with Crippen LogP contribution in [-0.4, -0.2) is 29.2 Å². The maximum Gasteiger partial charge on any atom is 0.234 e. The Morgan fingerprint density at radius 3 is 3.14 bits per heavy atom. The summed E-state index contributed by atoms with van der Waals surface area (Å²) in [6, 6.07) is 0. The van der Waals surface area contributed by atoms with Gasteiger partial charge in [0, 0.05) is 6.54 Å². The fourth-order valence-electron chi connectivity index (χ4n) is 1.51. The average Bonchev–Trinajstić information content (AvgIpc) is 2.19. The van der Waals surface area contributed by atoms with Crippen LogP contribution in [0.4, 0.5) is 5.82 Å². The molecule has 14 heavy (non-hydrogen) atoms. The molecule has 1 aromatic heterocycles. The van der Waals surface area contributed by atoms with Gasteiger partial charge >= 0.3 is 0 Å². The molecule has 1 saturated heterocycles. The SMILES string of the molecule is Nc1cncc(OC2CCCNC2)n1. The molecule has 0 spiro atoms. The van der Waals surface area contributed by atoms with Gasteiger partial charge in [-0.2, -0.15) is 4.98 Å². The van der Waals surface area contributed by atoms with Gasteiger partial charge in [0.15, 0.2) is 0 Å². The minimum absolute atomic E-state index is 0.194. The van der Waals surface area contributed by atoms with Crippen LogP contribution >= 0.6 is 0 Å². The number of nitrogens with zero attached hydrogens (tertiary/aromatic N) is 2. The molecule has 1 atom stereocenters. The first kappa shape index (κ1) is 9.21. The summed E-state index contributed by atoms with van der Waals surface area (Å²) >= 11 is 0. The monoisotopic (exact) mass is 194 g/mol. The number of hydrogen-bond acceptors (Lipinski definition) is 5. The molecule has 5 nitrogen and oxygen atoms in total.